The number of halogens is 2. The molecule has 2 rings (SSSR count). The number of anilines is 1. The summed E-state index contributed by atoms with van der Waals surface area (Å²) in [6.07, 6.45) is 1.73. The van der Waals surface area contributed by atoms with Crippen LogP contribution in [-0.2, 0) is 26.2 Å². The molecule has 1 atom stereocenters. The molecule has 0 unspecified atom stereocenters. The first-order chi connectivity index (χ1) is 15.4. The molecule has 0 saturated carbocycles. The Morgan fingerprint density at radius 2 is 1.79 bits per heavy atom. The van der Waals surface area contributed by atoms with Gasteiger partial charge in [0.15, 0.2) is 0 Å². The van der Waals surface area contributed by atoms with Gasteiger partial charge in [-0.25, -0.2) is 12.8 Å². The van der Waals surface area contributed by atoms with Crippen molar-refractivity contribution in [3.05, 3.63) is 64.4 Å². The fourth-order valence-electron chi connectivity index (χ4n) is 3.26. The molecule has 0 aliphatic rings. The number of hydrogen-bond donors (Lipinski definition) is 1. The van der Waals surface area contributed by atoms with Crippen LogP contribution >= 0.6 is 11.6 Å². The van der Waals surface area contributed by atoms with Crippen molar-refractivity contribution in [2.45, 2.75) is 39.8 Å². The van der Waals surface area contributed by atoms with Crippen molar-refractivity contribution >= 4 is 39.1 Å². The van der Waals surface area contributed by atoms with Crippen molar-refractivity contribution in [2.75, 3.05) is 23.7 Å². The summed E-state index contributed by atoms with van der Waals surface area (Å²) in [5.74, 6) is -1.36. The van der Waals surface area contributed by atoms with Crippen molar-refractivity contribution in [2.24, 2.45) is 0 Å². The minimum Gasteiger partial charge on any atom is -0.354 e. The molecule has 2 aromatic carbocycles. The highest BCUT2D eigenvalue weighted by atomic mass is 35.5. The summed E-state index contributed by atoms with van der Waals surface area (Å²) in [4.78, 5) is 27.3. The summed E-state index contributed by atoms with van der Waals surface area (Å²) in [5.41, 5.74) is 1.51. The first-order valence-electron chi connectivity index (χ1n) is 10.5. The maximum Gasteiger partial charge on any atom is 0.244 e. The first-order valence-corrected chi connectivity index (χ1v) is 12.7. The van der Waals surface area contributed by atoms with Crippen LogP contribution in [0.1, 0.15) is 31.4 Å². The molecule has 0 radical (unpaired) electrons. The number of amides is 2. The molecule has 0 bridgehead atoms. The number of nitrogens with one attached hydrogen (secondary N) is 1. The average molecular weight is 498 g/mol. The lowest BCUT2D eigenvalue weighted by atomic mass is 10.1. The van der Waals surface area contributed by atoms with Gasteiger partial charge in [0.1, 0.15) is 18.4 Å². The number of aryl methyl sites for hydroxylation is 1. The minimum absolute atomic E-state index is 0.0109. The number of benzene rings is 2. The van der Waals surface area contributed by atoms with E-state index in [-0.39, 0.29) is 12.5 Å². The van der Waals surface area contributed by atoms with Crippen LogP contribution in [0.25, 0.3) is 0 Å². The van der Waals surface area contributed by atoms with Gasteiger partial charge >= 0.3 is 0 Å². The number of sulfonamides is 1. The fourth-order valence-corrected chi connectivity index (χ4v) is 4.39. The van der Waals surface area contributed by atoms with Crippen molar-refractivity contribution in [3.63, 3.8) is 0 Å². The lowest BCUT2D eigenvalue weighted by Crippen LogP contribution is -2.51. The molecule has 1 N–H and O–H groups in total. The van der Waals surface area contributed by atoms with Crippen LogP contribution in [0.15, 0.2) is 42.5 Å². The Bertz CT molecular complexity index is 1090. The van der Waals surface area contributed by atoms with Gasteiger partial charge in [-0.1, -0.05) is 30.7 Å². The Balaban J connectivity index is 2.39. The van der Waals surface area contributed by atoms with Crippen LogP contribution in [0.4, 0.5) is 10.1 Å². The Labute approximate surface area is 199 Å². The van der Waals surface area contributed by atoms with Gasteiger partial charge in [-0.3, -0.25) is 13.9 Å². The zero-order chi connectivity index (χ0) is 24.8. The lowest BCUT2D eigenvalue weighted by molar-refractivity contribution is -0.139. The van der Waals surface area contributed by atoms with E-state index in [2.05, 4.69) is 5.32 Å². The third-order valence-corrected chi connectivity index (χ3v) is 6.45. The van der Waals surface area contributed by atoms with E-state index in [0.717, 1.165) is 17.0 Å². The third kappa shape index (κ3) is 7.43. The Morgan fingerprint density at radius 1 is 1.15 bits per heavy atom. The molecule has 33 heavy (non-hydrogen) atoms. The molecule has 0 fully saturated rings. The molecular formula is C23H29ClFN3O4S. The molecule has 0 aliphatic heterocycles. The van der Waals surface area contributed by atoms with Gasteiger partial charge in [0.2, 0.25) is 21.8 Å². The smallest absolute Gasteiger partial charge is 0.244 e. The molecule has 0 aromatic heterocycles. The predicted octanol–water partition coefficient (Wildman–Crippen LogP) is 3.50. The summed E-state index contributed by atoms with van der Waals surface area (Å²) in [7, 11) is -3.83. The van der Waals surface area contributed by atoms with E-state index in [0.29, 0.717) is 28.4 Å². The first kappa shape index (κ1) is 26.6. The number of carbonyl (C=O) groups is 2. The highest BCUT2D eigenvalue weighted by Crippen LogP contribution is 2.26. The van der Waals surface area contributed by atoms with E-state index < -0.39 is 34.3 Å². The Kier molecular flexibility index (Phi) is 9.25. The third-order valence-electron chi connectivity index (χ3n) is 5.09. The molecule has 0 saturated heterocycles. The topological polar surface area (TPSA) is 86.8 Å². The van der Waals surface area contributed by atoms with Gasteiger partial charge in [-0.05, 0) is 61.7 Å². The predicted molar refractivity (Wildman–Crippen MR) is 128 cm³/mol. The Morgan fingerprint density at radius 3 is 2.33 bits per heavy atom. The van der Waals surface area contributed by atoms with E-state index in [1.54, 1.807) is 26.0 Å². The number of rotatable bonds is 10. The van der Waals surface area contributed by atoms with Crippen LogP contribution in [0.3, 0.4) is 0 Å². The summed E-state index contributed by atoms with van der Waals surface area (Å²) < 4.78 is 39.5. The van der Waals surface area contributed by atoms with E-state index >= 15 is 0 Å². The van der Waals surface area contributed by atoms with E-state index in [1.165, 1.54) is 35.2 Å². The molecule has 0 spiro atoms. The monoisotopic (exact) mass is 497 g/mol. The summed E-state index contributed by atoms with van der Waals surface area (Å²) in [5, 5.41) is 3.19. The zero-order valence-electron chi connectivity index (χ0n) is 19.1. The molecule has 7 nitrogen and oxygen atoms in total. The van der Waals surface area contributed by atoms with Crippen molar-refractivity contribution in [1.29, 1.82) is 0 Å². The number of carbonyl (C=O) groups excluding carboxylic acids is 2. The second-order valence-corrected chi connectivity index (χ2v) is 10.2. The molecule has 180 valence electrons. The second-order valence-electron chi connectivity index (χ2n) is 7.82. The van der Waals surface area contributed by atoms with Gasteiger partial charge in [0.25, 0.3) is 0 Å². The van der Waals surface area contributed by atoms with Crippen molar-refractivity contribution in [3.8, 4) is 0 Å². The molecular weight excluding hydrogens is 469 g/mol. The van der Waals surface area contributed by atoms with Gasteiger partial charge in [0, 0.05) is 18.1 Å². The molecule has 0 aliphatic carbocycles. The molecule has 2 amide bonds. The summed E-state index contributed by atoms with van der Waals surface area (Å²) in [6.45, 7) is 5.13. The summed E-state index contributed by atoms with van der Waals surface area (Å²) in [6, 6.07) is 9.38. The molecule has 10 heteroatoms. The lowest BCUT2D eigenvalue weighted by Gasteiger charge is -2.32. The second kappa shape index (κ2) is 11.5. The van der Waals surface area contributed by atoms with Crippen LogP contribution in [0.5, 0.6) is 0 Å². The van der Waals surface area contributed by atoms with Gasteiger partial charge in [-0.2, -0.15) is 0 Å². The largest absolute Gasteiger partial charge is 0.354 e. The fraction of sp³-hybridized carbons (Fsp3) is 0.391. The van der Waals surface area contributed by atoms with E-state index in [4.69, 9.17) is 11.6 Å². The van der Waals surface area contributed by atoms with E-state index in [1.807, 2.05) is 6.92 Å². The maximum absolute atomic E-state index is 13.4. The number of nitrogens with zero attached hydrogens (tertiary/aromatic N) is 2. The van der Waals surface area contributed by atoms with Crippen LogP contribution in [-0.4, -0.2) is 50.5 Å². The quantitative estimate of drug-likeness (QED) is 0.544. The number of hydrogen-bond acceptors (Lipinski definition) is 4. The zero-order valence-corrected chi connectivity index (χ0v) is 20.7. The highest BCUT2D eigenvalue weighted by molar-refractivity contribution is 7.92. The van der Waals surface area contributed by atoms with Crippen molar-refractivity contribution in [1.82, 2.24) is 10.2 Å². The highest BCUT2D eigenvalue weighted by Gasteiger charge is 2.30. The normalized spacial score (nSPS) is 12.2. The maximum atomic E-state index is 13.4. The Hall–Kier alpha value is -2.65. The SMILES string of the molecule is CCCNC(=O)[C@@H](C)N(Cc1ccc(F)cc1)C(=O)CN(c1ccc(Cl)cc1C)S(C)(=O)=O. The van der Waals surface area contributed by atoms with Crippen LogP contribution in [0, 0.1) is 12.7 Å². The average Bonchev–Trinajstić information content (AvgIpc) is 2.74. The van der Waals surface area contributed by atoms with Gasteiger partial charge in [-0.15, -0.1) is 0 Å². The van der Waals surface area contributed by atoms with E-state index in [9.17, 15) is 22.4 Å². The minimum atomic E-state index is -3.83. The van der Waals surface area contributed by atoms with Gasteiger partial charge < -0.3 is 10.2 Å². The summed E-state index contributed by atoms with van der Waals surface area (Å²) >= 11 is 6.00. The van der Waals surface area contributed by atoms with Crippen molar-refractivity contribution < 1.29 is 22.4 Å². The molecule has 2 aromatic rings. The van der Waals surface area contributed by atoms with Crippen LogP contribution in [0.2, 0.25) is 5.02 Å². The van der Waals surface area contributed by atoms with Gasteiger partial charge in [0.05, 0.1) is 11.9 Å². The standard InChI is InChI=1S/C23H29ClFN3O4S/c1-5-12-26-23(30)17(3)27(14-18-6-9-20(25)10-7-18)22(29)15-28(33(4,31)32)21-11-8-19(24)13-16(21)2/h6-11,13,17H,5,12,14-15H2,1-4H3,(H,26,30)/t17-/m1/s1. The van der Waals surface area contributed by atoms with Crippen LogP contribution < -0.4 is 9.62 Å². The molecule has 0 heterocycles.